The van der Waals surface area contributed by atoms with E-state index in [9.17, 15) is 9.18 Å². The van der Waals surface area contributed by atoms with E-state index in [1.54, 1.807) is 11.9 Å². The molecule has 2 heterocycles. The largest absolute Gasteiger partial charge is 0.379 e. The summed E-state index contributed by atoms with van der Waals surface area (Å²) < 4.78 is 18.1. The van der Waals surface area contributed by atoms with Crippen LogP contribution >= 0.6 is 0 Å². The lowest BCUT2D eigenvalue weighted by atomic mass is 10.2. The van der Waals surface area contributed by atoms with E-state index in [0.29, 0.717) is 18.8 Å². The molecule has 0 spiro atoms. The van der Waals surface area contributed by atoms with Gasteiger partial charge in [-0.3, -0.25) is 4.79 Å². The van der Waals surface area contributed by atoms with Crippen molar-refractivity contribution < 1.29 is 13.9 Å². The van der Waals surface area contributed by atoms with Gasteiger partial charge < -0.3 is 9.64 Å². The summed E-state index contributed by atoms with van der Waals surface area (Å²) in [6.07, 6.45) is 2.12. The first-order valence-electron chi connectivity index (χ1n) is 5.15. The lowest BCUT2D eigenvalue weighted by Gasteiger charge is -2.23. The van der Waals surface area contributed by atoms with E-state index >= 15 is 0 Å². The fraction of sp³-hybridized carbons (Fsp3) is 0.455. The second-order valence-electron chi connectivity index (χ2n) is 3.80. The van der Waals surface area contributed by atoms with Gasteiger partial charge in [0.25, 0.3) is 5.91 Å². The first-order chi connectivity index (χ1) is 7.68. The van der Waals surface area contributed by atoms with Gasteiger partial charge >= 0.3 is 0 Å². The molecule has 1 aliphatic heterocycles. The number of aromatic nitrogens is 1. The van der Waals surface area contributed by atoms with Gasteiger partial charge in [-0.15, -0.1) is 0 Å². The van der Waals surface area contributed by atoms with Gasteiger partial charge in [0.1, 0.15) is 0 Å². The van der Waals surface area contributed by atoms with Crippen molar-refractivity contribution in [3.63, 3.8) is 0 Å². The summed E-state index contributed by atoms with van der Waals surface area (Å²) in [4.78, 5) is 17.0. The Kier molecular flexibility index (Phi) is 3.14. The quantitative estimate of drug-likeness (QED) is 0.706. The predicted molar refractivity (Wildman–Crippen MR) is 55.5 cm³/mol. The molecule has 1 saturated heterocycles. The lowest BCUT2D eigenvalue weighted by molar-refractivity contribution is 0.0710. The molecule has 5 heteroatoms. The zero-order valence-electron chi connectivity index (χ0n) is 9.02. The van der Waals surface area contributed by atoms with Crippen LogP contribution < -0.4 is 0 Å². The van der Waals surface area contributed by atoms with Crippen molar-refractivity contribution in [1.82, 2.24) is 9.88 Å². The van der Waals surface area contributed by atoms with Gasteiger partial charge in [0.05, 0.1) is 12.6 Å². The molecule has 0 radical (unpaired) electrons. The van der Waals surface area contributed by atoms with E-state index < -0.39 is 5.95 Å². The number of hydrogen-bond acceptors (Lipinski definition) is 3. The smallest absolute Gasteiger partial charge is 0.254 e. The van der Waals surface area contributed by atoms with Crippen molar-refractivity contribution in [2.24, 2.45) is 0 Å². The average Bonchev–Trinajstić information content (AvgIpc) is 2.80. The first-order valence-corrected chi connectivity index (χ1v) is 5.15. The number of carbonyl (C=O) groups is 1. The Balaban J connectivity index is 2.12. The number of pyridine rings is 1. The highest BCUT2D eigenvalue weighted by Crippen LogP contribution is 2.14. The molecule has 1 aliphatic rings. The minimum atomic E-state index is -0.637. The van der Waals surface area contributed by atoms with Crippen LogP contribution in [0.1, 0.15) is 16.8 Å². The number of nitrogens with zero attached hydrogens (tertiary/aromatic N) is 2. The van der Waals surface area contributed by atoms with Gasteiger partial charge in [0.2, 0.25) is 5.95 Å². The highest BCUT2D eigenvalue weighted by atomic mass is 19.1. The molecule has 4 nitrogen and oxygen atoms in total. The van der Waals surface area contributed by atoms with Crippen LogP contribution in [0.2, 0.25) is 0 Å². The van der Waals surface area contributed by atoms with Gasteiger partial charge in [0, 0.05) is 31.5 Å². The Morgan fingerprint density at radius 3 is 3.12 bits per heavy atom. The summed E-state index contributed by atoms with van der Waals surface area (Å²) in [6, 6.07) is 2.75. The van der Waals surface area contributed by atoms with E-state index in [1.807, 2.05) is 0 Å². The molecule has 0 N–H and O–H groups in total. The minimum absolute atomic E-state index is 0.0868. The van der Waals surface area contributed by atoms with Crippen molar-refractivity contribution >= 4 is 5.91 Å². The van der Waals surface area contributed by atoms with Crippen LogP contribution in [0.25, 0.3) is 0 Å². The highest BCUT2D eigenvalue weighted by molar-refractivity contribution is 5.94. The average molecular weight is 224 g/mol. The number of amides is 1. The molecule has 1 aromatic heterocycles. The summed E-state index contributed by atoms with van der Waals surface area (Å²) in [6.45, 7) is 1.22. The summed E-state index contributed by atoms with van der Waals surface area (Å²) in [5.74, 6) is -0.835. The third-order valence-corrected chi connectivity index (χ3v) is 2.75. The predicted octanol–water partition coefficient (Wildman–Crippen LogP) is 1.08. The molecule has 1 amide bonds. The van der Waals surface area contributed by atoms with Crippen LogP contribution in [0.15, 0.2) is 18.3 Å². The van der Waals surface area contributed by atoms with Crippen LogP contribution in [-0.4, -0.2) is 42.1 Å². The number of ether oxygens (including phenoxy) is 1. The van der Waals surface area contributed by atoms with Crippen molar-refractivity contribution in [3.05, 3.63) is 29.8 Å². The second-order valence-corrected chi connectivity index (χ2v) is 3.80. The van der Waals surface area contributed by atoms with E-state index in [2.05, 4.69) is 4.98 Å². The number of rotatable bonds is 2. The number of likely N-dealkylation sites (N-methyl/N-ethyl adjacent to an activating group) is 1. The van der Waals surface area contributed by atoms with E-state index in [-0.39, 0.29) is 11.9 Å². The number of halogens is 1. The summed E-state index contributed by atoms with van der Waals surface area (Å²) >= 11 is 0. The fourth-order valence-electron chi connectivity index (χ4n) is 1.73. The molecule has 1 aromatic rings. The van der Waals surface area contributed by atoms with Crippen molar-refractivity contribution in [2.45, 2.75) is 12.5 Å². The summed E-state index contributed by atoms with van der Waals surface area (Å²) in [5, 5.41) is 0. The zero-order valence-corrected chi connectivity index (χ0v) is 9.02. The molecule has 1 fully saturated rings. The Morgan fingerprint density at radius 1 is 1.69 bits per heavy atom. The van der Waals surface area contributed by atoms with Crippen molar-refractivity contribution in [2.75, 3.05) is 20.3 Å². The van der Waals surface area contributed by atoms with E-state index in [0.717, 1.165) is 12.5 Å². The molecule has 2 rings (SSSR count). The third kappa shape index (κ3) is 2.19. The van der Waals surface area contributed by atoms with Crippen LogP contribution in [0, 0.1) is 5.95 Å². The fourth-order valence-corrected chi connectivity index (χ4v) is 1.73. The Morgan fingerprint density at radius 2 is 2.50 bits per heavy atom. The van der Waals surface area contributed by atoms with Crippen LogP contribution in [0.5, 0.6) is 0 Å². The molecule has 0 bridgehead atoms. The van der Waals surface area contributed by atoms with E-state index in [1.165, 1.54) is 12.3 Å². The topological polar surface area (TPSA) is 42.4 Å². The lowest BCUT2D eigenvalue weighted by Crippen LogP contribution is -2.37. The molecule has 1 atom stereocenters. The molecule has 86 valence electrons. The third-order valence-electron chi connectivity index (χ3n) is 2.75. The zero-order chi connectivity index (χ0) is 11.5. The van der Waals surface area contributed by atoms with Crippen molar-refractivity contribution in [1.29, 1.82) is 0 Å². The molecule has 0 aliphatic carbocycles. The standard InChI is InChI=1S/C11H13FN2O2/c1-14(9-3-5-16-7-9)11(15)8-2-4-13-10(12)6-8/h2,4,6,9H,3,5,7H2,1H3. The molecule has 16 heavy (non-hydrogen) atoms. The Hall–Kier alpha value is -1.49. The SMILES string of the molecule is CN(C(=O)c1ccnc(F)c1)C1CCOC1. The maximum atomic E-state index is 12.9. The van der Waals surface area contributed by atoms with E-state index in [4.69, 9.17) is 4.74 Å². The minimum Gasteiger partial charge on any atom is -0.379 e. The van der Waals surface area contributed by atoms with Gasteiger partial charge in [-0.1, -0.05) is 0 Å². The number of carbonyl (C=O) groups excluding carboxylic acids is 1. The molecular weight excluding hydrogens is 211 g/mol. The maximum absolute atomic E-state index is 12.9. The molecular formula is C11H13FN2O2. The van der Waals surface area contributed by atoms with Crippen LogP contribution in [0.3, 0.4) is 0 Å². The van der Waals surface area contributed by atoms with Crippen LogP contribution in [-0.2, 0) is 4.74 Å². The monoisotopic (exact) mass is 224 g/mol. The molecule has 1 unspecified atom stereocenters. The number of hydrogen-bond donors (Lipinski definition) is 0. The van der Waals surface area contributed by atoms with Gasteiger partial charge in [0.15, 0.2) is 0 Å². The maximum Gasteiger partial charge on any atom is 0.254 e. The van der Waals surface area contributed by atoms with Crippen molar-refractivity contribution in [3.8, 4) is 0 Å². The highest BCUT2D eigenvalue weighted by Gasteiger charge is 2.24. The first kappa shape index (κ1) is 11.0. The summed E-state index contributed by atoms with van der Waals surface area (Å²) in [7, 11) is 1.71. The van der Waals surface area contributed by atoms with Gasteiger partial charge in [-0.2, -0.15) is 4.39 Å². The van der Waals surface area contributed by atoms with Gasteiger partial charge in [-0.05, 0) is 12.5 Å². The summed E-state index contributed by atoms with van der Waals surface area (Å²) in [5.41, 5.74) is 0.321. The normalized spacial score (nSPS) is 19.8. The molecule has 0 aromatic carbocycles. The van der Waals surface area contributed by atoms with Crippen LogP contribution in [0.4, 0.5) is 4.39 Å². The molecule has 0 saturated carbocycles. The Bertz CT molecular complexity index is 391. The van der Waals surface area contributed by atoms with Gasteiger partial charge in [-0.25, -0.2) is 4.98 Å². The second kappa shape index (κ2) is 4.57. The Labute approximate surface area is 93.0 Å².